The van der Waals surface area contributed by atoms with E-state index in [9.17, 15) is 13.2 Å². The van der Waals surface area contributed by atoms with Gasteiger partial charge in [0.2, 0.25) is 15.9 Å². The normalized spacial score (nSPS) is 11.4. The van der Waals surface area contributed by atoms with Crippen LogP contribution in [0.3, 0.4) is 0 Å². The molecular formula is C19H23ClN2O3S2. The Balaban J connectivity index is 1.95. The lowest BCUT2D eigenvalue weighted by Crippen LogP contribution is -2.34. The van der Waals surface area contributed by atoms with Crippen LogP contribution in [0.2, 0.25) is 4.34 Å². The Bertz CT molecular complexity index is 923. The van der Waals surface area contributed by atoms with E-state index >= 15 is 0 Å². The van der Waals surface area contributed by atoms with E-state index in [-0.39, 0.29) is 23.8 Å². The summed E-state index contributed by atoms with van der Waals surface area (Å²) in [6.07, 6.45) is 1.71. The number of halogens is 1. The predicted octanol–water partition coefficient (Wildman–Crippen LogP) is 3.90. The number of carbonyl (C=O) groups is 1. The lowest BCUT2D eigenvalue weighted by atomic mass is 10.1. The number of thiophene rings is 1. The van der Waals surface area contributed by atoms with Crippen LogP contribution in [-0.4, -0.2) is 32.3 Å². The lowest BCUT2D eigenvalue weighted by molar-refractivity contribution is -0.131. The molecule has 0 atom stereocenters. The van der Waals surface area contributed by atoms with Gasteiger partial charge >= 0.3 is 0 Å². The SMILES string of the molecule is C=CCN(Cc1ccc(Cl)s1)C(=O)CCNS(=O)(=O)c1ccc(C)c(C)c1. The van der Waals surface area contributed by atoms with Crippen molar-refractivity contribution in [2.24, 2.45) is 0 Å². The third kappa shape index (κ3) is 6.17. The summed E-state index contributed by atoms with van der Waals surface area (Å²) in [7, 11) is -3.65. The molecule has 0 aliphatic carbocycles. The van der Waals surface area contributed by atoms with Crippen molar-refractivity contribution in [2.45, 2.75) is 31.7 Å². The molecule has 0 saturated heterocycles. The quantitative estimate of drug-likeness (QED) is 0.618. The van der Waals surface area contributed by atoms with Gasteiger partial charge in [0.05, 0.1) is 15.8 Å². The molecule has 8 heteroatoms. The van der Waals surface area contributed by atoms with Crippen molar-refractivity contribution in [1.82, 2.24) is 9.62 Å². The second-order valence-electron chi connectivity index (χ2n) is 6.16. The van der Waals surface area contributed by atoms with Crippen molar-refractivity contribution < 1.29 is 13.2 Å². The number of amides is 1. The first-order chi connectivity index (χ1) is 12.7. The van der Waals surface area contributed by atoms with Crippen LogP contribution in [-0.2, 0) is 21.4 Å². The fraction of sp³-hybridized carbons (Fsp3) is 0.316. The number of carbonyl (C=O) groups excluding carboxylic acids is 1. The number of hydrogen-bond donors (Lipinski definition) is 1. The molecule has 0 unspecified atom stereocenters. The monoisotopic (exact) mass is 426 g/mol. The molecule has 2 aromatic rings. The molecule has 0 fully saturated rings. The number of rotatable bonds is 9. The molecule has 1 aromatic carbocycles. The molecule has 0 radical (unpaired) electrons. The Morgan fingerprint density at radius 3 is 2.59 bits per heavy atom. The molecule has 1 amide bonds. The van der Waals surface area contributed by atoms with E-state index in [1.807, 2.05) is 19.9 Å². The number of sulfonamides is 1. The third-order valence-electron chi connectivity index (χ3n) is 4.10. The van der Waals surface area contributed by atoms with Gasteiger partial charge in [-0.05, 0) is 49.2 Å². The standard InChI is InChI=1S/C19H23ClN2O3S2/c1-4-11-22(13-16-6-8-18(20)26-16)19(23)9-10-21-27(24,25)17-7-5-14(2)15(3)12-17/h4-8,12,21H,1,9-11,13H2,2-3H3. The van der Waals surface area contributed by atoms with E-state index in [0.29, 0.717) is 17.4 Å². The number of hydrogen-bond acceptors (Lipinski definition) is 4. The minimum absolute atomic E-state index is 0.0347. The van der Waals surface area contributed by atoms with Crippen molar-refractivity contribution in [3.8, 4) is 0 Å². The van der Waals surface area contributed by atoms with E-state index in [1.165, 1.54) is 11.3 Å². The Kier molecular flexibility index (Phi) is 7.61. The van der Waals surface area contributed by atoms with Crippen molar-refractivity contribution >= 4 is 38.9 Å². The van der Waals surface area contributed by atoms with Crippen molar-refractivity contribution in [1.29, 1.82) is 0 Å². The van der Waals surface area contributed by atoms with Crippen LogP contribution in [0.5, 0.6) is 0 Å². The van der Waals surface area contributed by atoms with Gasteiger partial charge in [-0.1, -0.05) is 23.7 Å². The highest BCUT2D eigenvalue weighted by Gasteiger charge is 2.17. The zero-order chi connectivity index (χ0) is 20.0. The average Bonchev–Trinajstić information content (AvgIpc) is 3.01. The molecule has 0 saturated carbocycles. The van der Waals surface area contributed by atoms with Crippen LogP contribution in [0, 0.1) is 13.8 Å². The smallest absolute Gasteiger partial charge is 0.240 e. The molecule has 2 rings (SSSR count). The molecule has 1 heterocycles. The first-order valence-corrected chi connectivity index (χ1v) is 11.1. The summed E-state index contributed by atoms with van der Waals surface area (Å²) in [5.74, 6) is -0.151. The number of nitrogens with one attached hydrogen (secondary N) is 1. The lowest BCUT2D eigenvalue weighted by Gasteiger charge is -2.20. The largest absolute Gasteiger partial charge is 0.334 e. The van der Waals surface area contributed by atoms with Crippen LogP contribution >= 0.6 is 22.9 Å². The van der Waals surface area contributed by atoms with Gasteiger partial charge in [0.25, 0.3) is 0 Å². The van der Waals surface area contributed by atoms with Gasteiger partial charge < -0.3 is 4.90 Å². The van der Waals surface area contributed by atoms with Gasteiger partial charge in [-0.15, -0.1) is 17.9 Å². The summed E-state index contributed by atoms with van der Waals surface area (Å²) in [4.78, 5) is 15.3. The van der Waals surface area contributed by atoms with E-state index in [0.717, 1.165) is 16.0 Å². The van der Waals surface area contributed by atoms with E-state index in [4.69, 9.17) is 11.6 Å². The van der Waals surface area contributed by atoms with Gasteiger partial charge in [-0.25, -0.2) is 13.1 Å². The van der Waals surface area contributed by atoms with Gasteiger partial charge in [-0.2, -0.15) is 0 Å². The average molecular weight is 427 g/mol. The fourth-order valence-electron chi connectivity index (χ4n) is 2.45. The first-order valence-electron chi connectivity index (χ1n) is 8.42. The molecule has 0 aliphatic rings. The van der Waals surface area contributed by atoms with Crippen molar-refractivity contribution in [2.75, 3.05) is 13.1 Å². The highest BCUT2D eigenvalue weighted by molar-refractivity contribution is 7.89. The van der Waals surface area contributed by atoms with Crippen LogP contribution in [0.4, 0.5) is 0 Å². The van der Waals surface area contributed by atoms with E-state index < -0.39 is 10.0 Å². The summed E-state index contributed by atoms with van der Waals surface area (Å²) in [6.45, 7) is 8.31. The molecule has 0 aliphatic heterocycles. The highest BCUT2D eigenvalue weighted by Crippen LogP contribution is 2.23. The van der Waals surface area contributed by atoms with E-state index in [1.54, 1.807) is 35.2 Å². The Labute approximate surface area is 169 Å². The van der Waals surface area contributed by atoms with E-state index in [2.05, 4.69) is 11.3 Å². The summed E-state index contributed by atoms with van der Waals surface area (Å²) in [5.41, 5.74) is 1.93. The fourth-order valence-corrected chi connectivity index (χ4v) is 4.67. The van der Waals surface area contributed by atoms with Crippen LogP contribution in [0.15, 0.2) is 47.9 Å². The number of nitrogens with zero attached hydrogens (tertiary/aromatic N) is 1. The third-order valence-corrected chi connectivity index (χ3v) is 6.77. The van der Waals surface area contributed by atoms with Crippen LogP contribution < -0.4 is 4.72 Å². The molecule has 146 valence electrons. The second-order valence-corrected chi connectivity index (χ2v) is 9.73. The summed E-state index contributed by atoms with van der Waals surface area (Å²) >= 11 is 7.34. The highest BCUT2D eigenvalue weighted by atomic mass is 35.5. The molecule has 5 nitrogen and oxygen atoms in total. The van der Waals surface area contributed by atoms with Crippen LogP contribution in [0.25, 0.3) is 0 Å². The minimum Gasteiger partial charge on any atom is -0.334 e. The van der Waals surface area contributed by atoms with Crippen molar-refractivity contribution in [3.05, 3.63) is 63.3 Å². The zero-order valence-corrected chi connectivity index (χ0v) is 17.8. The zero-order valence-electron chi connectivity index (χ0n) is 15.4. The van der Waals surface area contributed by atoms with Crippen LogP contribution in [0.1, 0.15) is 22.4 Å². The molecule has 0 bridgehead atoms. The number of aryl methyl sites for hydroxylation is 2. The molecule has 27 heavy (non-hydrogen) atoms. The maximum Gasteiger partial charge on any atom is 0.240 e. The molecule has 1 N–H and O–H groups in total. The second kappa shape index (κ2) is 9.50. The molecular weight excluding hydrogens is 404 g/mol. The molecule has 0 spiro atoms. The Morgan fingerprint density at radius 2 is 2.00 bits per heavy atom. The van der Waals surface area contributed by atoms with Gasteiger partial charge in [0.15, 0.2) is 0 Å². The number of benzene rings is 1. The maximum absolute atomic E-state index is 12.5. The van der Waals surface area contributed by atoms with Gasteiger partial charge in [0, 0.05) is 24.4 Å². The topological polar surface area (TPSA) is 66.5 Å². The summed E-state index contributed by atoms with van der Waals surface area (Å²) in [5, 5.41) is 0. The Hall–Kier alpha value is -1.67. The predicted molar refractivity (Wildman–Crippen MR) is 111 cm³/mol. The summed E-state index contributed by atoms with van der Waals surface area (Å²) < 4.78 is 28.0. The Morgan fingerprint density at radius 1 is 1.26 bits per heavy atom. The van der Waals surface area contributed by atoms with Gasteiger partial charge in [-0.3, -0.25) is 4.79 Å². The molecule has 1 aromatic heterocycles. The summed E-state index contributed by atoms with van der Waals surface area (Å²) in [6, 6.07) is 8.63. The first kappa shape index (κ1) is 21.6. The minimum atomic E-state index is -3.65. The van der Waals surface area contributed by atoms with Crippen molar-refractivity contribution in [3.63, 3.8) is 0 Å². The van der Waals surface area contributed by atoms with Gasteiger partial charge in [0.1, 0.15) is 0 Å². The maximum atomic E-state index is 12.5.